The van der Waals surface area contributed by atoms with E-state index >= 15 is 0 Å². The fourth-order valence-electron chi connectivity index (χ4n) is 2.54. The number of aromatic nitrogens is 2. The molecule has 0 unspecified atom stereocenters. The molecule has 30 heavy (non-hydrogen) atoms. The van der Waals surface area contributed by atoms with Crippen molar-refractivity contribution in [3.05, 3.63) is 75.1 Å². The highest BCUT2D eigenvalue weighted by Gasteiger charge is 2.33. The highest BCUT2D eigenvalue weighted by molar-refractivity contribution is 6.03. The zero-order valence-electron chi connectivity index (χ0n) is 15.7. The second-order valence-electron chi connectivity index (χ2n) is 6.46. The second-order valence-corrected chi connectivity index (χ2v) is 6.46. The Labute approximate surface area is 167 Å². The minimum Gasteiger partial charge on any atom is -0.457 e. The van der Waals surface area contributed by atoms with Crippen molar-refractivity contribution < 1.29 is 27.6 Å². The van der Waals surface area contributed by atoms with E-state index in [0.717, 1.165) is 17.2 Å². The van der Waals surface area contributed by atoms with E-state index in [9.17, 15) is 28.1 Å². The van der Waals surface area contributed by atoms with Gasteiger partial charge in [0, 0.05) is 18.2 Å². The van der Waals surface area contributed by atoms with Gasteiger partial charge in [-0.15, -0.1) is 0 Å². The standard InChI is InChI=1S/C19H15F3N4O4/c1-10-3-4-11(2)16(5-10)30-14-7-12(6-13(8-14)26(28)29)23-18(27)15-9-17(25-24-15)19(20,21)22/h3-9H,1-2H3,(H,23,27)(H,24,25). The van der Waals surface area contributed by atoms with Crippen molar-refractivity contribution in [2.24, 2.45) is 0 Å². The molecule has 1 amide bonds. The Kier molecular flexibility index (Phi) is 5.45. The SMILES string of the molecule is Cc1ccc(C)c(Oc2cc(NC(=O)c3cc(C(F)(F)F)[nH]n3)cc([N+](=O)[O-])c2)c1. The molecule has 0 bridgehead atoms. The molecule has 0 saturated carbocycles. The monoisotopic (exact) mass is 420 g/mol. The molecule has 3 rings (SSSR count). The number of hydrogen-bond acceptors (Lipinski definition) is 5. The number of aromatic amines is 1. The van der Waals surface area contributed by atoms with Crippen molar-refractivity contribution in [3.8, 4) is 11.5 Å². The van der Waals surface area contributed by atoms with E-state index in [0.29, 0.717) is 11.8 Å². The predicted molar refractivity (Wildman–Crippen MR) is 101 cm³/mol. The van der Waals surface area contributed by atoms with Crippen LogP contribution >= 0.6 is 0 Å². The van der Waals surface area contributed by atoms with Crippen molar-refractivity contribution >= 4 is 17.3 Å². The number of benzene rings is 2. The molecule has 2 N–H and O–H groups in total. The van der Waals surface area contributed by atoms with Gasteiger partial charge in [-0.25, -0.2) is 0 Å². The maximum absolute atomic E-state index is 12.7. The largest absolute Gasteiger partial charge is 0.457 e. The summed E-state index contributed by atoms with van der Waals surface area (Å²) >= 11 is 0. The maximum atomic E-state index is 12.7. The molecule has 0 aliphatic heterocycles. The number of halogens is 3. The zero-order valence-corrected chi connectivity index (χ0v) is 15.7. The molecular weight excluding hydrogens is 405 g/mol. The average Bonchev–Trinajstić information content (AvgIpc) is 3.15. The average molecular weight is 420 g/mol. The van der Waals surface area contributed by atoms with E-state index in [4.69, 9.17) is 4.74 Å². The third-order valence-electron chi connectivity index (χ3n) is 4.05. The van der Waals surface area contributed by atoms with Gasteiger partial charge in [-0.1, -0.05) is 12.1 Å². The summed E-state index contributed by atoms with van der Waals surface area (Å²) in [5.74, 6) is -0.430. The summed E-state index contributed by atoms with van der Waals surface area (Å²) in [6.45, 7) is 3.65. The number of rotatable bonds is 5. The number of anilines is 1. The molecule has 3 aromatic rings. The summed E-state index contributed by atoms with van der Waals surface area (Å²) in [6.07, 6.45) is -4.69. The number of nitrogens with zero attached hydrogens (tertiary/aromatic N) is 2. The van der Waals surface area contributed by atoms with Crippen LogP contribution in [0.4, 0.5) is 24.5 Å². The van der Waals surface area contributed by atoms with E-state index in [2.05, 4.69) is 10.4 Å². The van der Waals surface area contributed by atoms with E-state index in [1.807, 2.05) is 19.1 Å². The molecule has 0 aliphatic rings. The Balaban J connectivity index is 1.89. The fourth-order valence-corrected chi connectivity index (χ4v) is 2.54. The maximum Gasteiger partial charge on any atom is 0.432 e. The number of hydrogen-bond donors (Lipinski definition) is 2. The van der Waals surface area contributed by atoms with Crippen LogP contribution in [-0.2, 0) is 6.18 Å². The van der Waals surface area contributed by atoms with Crippen molar-refractivity contribution in [3.63, 3.8) is 0 Å². The molecule has 11 heteroatoms. The lowest BCUT2D eigenvalue weighted by molar-refractivity contribution is -0.384. The molecule has 0 spiro atoms. The molecular formula is C19H15F3N4O4. The Hall–Kier alpha value is -3.89. The third kappa shape index (κ3) is 4.74. The number of alkyl halides is 3. The first-order valence-corrected chi connectivity index (χ1v) is 8.51. The number of nitro groups is 1. The van der Waals surface area contributed by atoms with Crippen LogP contribution in [0, 0.1) is 24.0 Å². The van der Waals surface area contributed by atoms with Gasteiger partial charge >= 0.3 is 6.18 Å². The summed E-state index contributed by atoms with van der Waals surface area (Å²) in [7, 11) is 0. The quantitative estimate of drug-likeness (QED) is 0.446. The van der Waals surface area contributed by atoms with Gasteiger partial charge in [-0.3, -0.25) is 20.0 Å². The summed E-state index contributed by atoms with van der Waals surface area (Å²) in [5, 5.41) is 18.6. The van der Waals surface area contributed by atoms with Crippen LogP contribution in [-0.4, -0.2) is 21.0 Å². The first-order chi connectivity index (χ1) is 14.0. The zero-order chi connectivity index (χ0) is 22.1. The first-order valence-electron chi connectivity index (χ1n) is 8.51. The number of ether oxygens (including phenoxy) is 1. The number of H-pyrrole nitrogens is 1. The summed E-state index contributed by atoms with van der Waals surface area (Å²) in [5.41, 5.74) is -0.420. The molecule has 0 saturated heterocycles. The molecule has 0 fully saturated rings. The van der Waals surface area contributed by atoms with Crippen molar-refractivity contribution in [1.82, 2.24) is 10.2 Å². The van der Waals surface area contributed by atoms with Crippen molar-refractivity contribution in [2.45, 2.75) is 20.0 Å². The van der Waals surface area contributed by atoms with Crippen LogP contribution < -0.4 is 10.1 Å². The van der Waals surface area contributed by atoms with E-state index in [-0.39, 0.29) is 17.1 Å². The van der Waals surface area contributed by atoms with E-state index in [1.165, 1.54) is 12.1 Å². The van der Waals surface area contributed by atoms with Crippen LogP contribution in [0.1, 0.15) is 27.3 Å². The minimum absolute atomic E-state index is 0.0361. The number of nitrogens with one attached hydrogen (secondary N) is 2. The molecule has 156 valence electrons. The number of amides is 1. The van der Waals surface area contributed by atoms with Crippen molar-refractivity contribution in [2.75, 3.05) is 5.32 Å². The highest BCUT2D eigenvalue weighted by Crippen LogP contribution is 2.32. The Bertz CT molecular complexity index is 1130. The number of carbonyl (C=O) groups excluding carboxylic acids is 1. The van der Waals surface area contributed by atoms with Gasteiger partial charge in [0.1, 0.15) is 17.2 Å². The van der Waals surface area contributed by atoms with E-state index < -0.39 is 28.4 Å². The predicted octanol–water partition coefficient (Wildman–Crippen LogP) is 5.00. The summed E-state index contributed by atoms with van der Waals surface area (Å²) in [6, 6.07) is 9.54. The lowest BCUT2D eigenvalue weighted by Crippen LogP contribution is -2.12. The van der Waals surface area contributed by atoms with Crippen LogP contribution in [0.25, 0.3) is 0 Å². The number of carbonyl (C=O) groups is 1. The van der Waals surface area contributed by atoms with Gasteiger partial charge in [0.05, 0.1) is 16.7 Å². The van der Waals surface area contributed by atoms with E-state index in [1.54, 1.807) is 18.1 Å². The first kappa shape index (κ1) is 20.8. The Morgan fingerprint density at radius 2 is 1.90 bits per heavy atom. The number of aryl methyl sites for hydroxylation is 2. The smallest absolute Gasteiger partial charge is 0.432 e. The molecule has 0 atom stereocenters. The Morgan fingerprint density at radius 3 is 2.53 bits per heavy atom. The van der Waals surface area contributed by atoms with Gasteiger partial charge in [-0.2, -0.15) is 18.3 Å². The van der Waals surface area contributed by atoms with Crippen LogP contribution in [0.3, 0.4) is 0 Å². The van der Waals surface area contributed by atoms with Crippen LogP contribution in [0.15, 0.2) is 42.5 Å². The van der Waals surface area contributed by atoms with Gasteiger partial charge in [0.15, 0.2) is 5.69 Å². The van der Waals surface area contributed by atoms with Gasteiger partial charge in [0.25, 0.3) is 11.6 Å². The third-order valence-corrected chi connectivity index (χ3v) is 4.05. The van der Waals surface area contributed by atoms with Gasteiger partial charge in [0.2, 0.25) is 0 Å². The topological polar surface area (TPSA) is 110 Å². The normalized spacial score (nSPS) is 11.2. The van der Waals surface area contributed by atoms with Crippen LogP contribution in [0.5, 0.6) is 11.5 Å². The molecule has 0 aliphatic carbocycles. The molecule has 8 nitrogen and oxygen atoms in total. The molecule has 1 heterocycles. The lowest BCUT2D eigenvalue weighted by Gasteiger charge is -2.11. The minimum atomic E-state index is -4.69. The summed E-state index contributed by atoms with van der Waals surface area (Å²) in [4.78, 5) is 22.8. The molecule has 1 aromatic heterocycles. The van der Waals surface area contributed by atoms with Crippen LogP contribution in [0.2, 0.25) is 0 Å². The fraction of sp³-hybridized carbons (Fsp3) is 0.158. The number of non-ortho nitro benzene ring substituents is 1. The summed E-state index contributed by atoms with van der Waals surface area (Å²) < 4.78 is 43.7. The van der Waals surface area contributed by atoms with Gasteiger partial charge in [-0.05, 0) is 31.0 Å². The highest BCUT2D eigenvalue weighted by atomic mass is 19.4. The second kappa shape index (κ2) is 7.85. The molecule has 2 aromatic carbocycles. The van der Waals surface area contributed by atoms with Gasteiger partial charge < -0.3 is 10.1 Å². The number of nitro benzene ring substituents is 1. The van der Waals surface area contributed by atoms with Crippen molar-refractivity contribution in [1.29, 1.82) is 0 Å². The molecule has 0 radical (unpaired) electrons. The Morgan fingerprint density at radius 1 is 1.17 bits per heavy atom. The lowest BCUT2D eigenvalue weighted by atomic mass is 10.1.